The first-order valence-electron chi connectivity index (χ1n) is 5.35. The van der Waals surface area contributed by atoms with Crippen LogP contribution in [-0.2, 0) is 0 Å². The van der Waals surface area contributed by atoms with Gasteiger partial charge in [-0.2, -0.15) is 5.10 Å². The first-order chi connectivity index (χ1) is 8.66. The van der Waals surface area contributed by atoms with E-state index < -0.39 is 5.97 Å². The monoisotopic (exact) mass is 246 g/mol. The third-order valence-corrected chi connectivity index (χ3v) is 2.84. The predicted molar refractivity (Wildman–Crippen MR) is 61.4 cm³/mol. The van der Waals surface area contributed by atoms with Gasteiger partial charge in [0.05, 0.1) is 17.6 Å². The maximum absolute atomic E-state index is 11.0. The van der Waals surface area contributed by atoms with Crippen LogP contribution in [0.15, 0.2) is 24.4 Å². The molecule has 6 nitrogen and oxygen atoms in total. The summed E-state index contributed by atoms with van der Waals surface area (Å²) in [5.41, 5.74) is 1.50. The Morgan fingerprint density at radius 1 is 1.39 bits per heavy atom. The smallest absolute Gasteiger partial charge is 0.339 e. The predicted octanol–water partition coefficient (Wildman–Crippen LogP) is 1.61. The van der Waals surface area contributed by atoms with E-state index in [4.69, 9.17) is 14.6 Å². The van der Waals surface area contributed by atoms with Gasteiger partial charge in [-0.05, 0) is 19.1 Å². The van der Waals surface area contributed by atoms with E-state index in [0.717, 1.165) is 5.69 Å². The number of benzene rings is 1. The van der Waals surface area contributed by atoms with Gasteiger partial charge >= 0.3 is 5.97 Å². The van der Waals surface area contributed by atoms with Crippen LogP contribution in [0.25, 0.3) is 5.69 Å². The fourth-order valence-corrected chi connectivity index (χ4v) is 1.90. The fraction of sp³-hybridized carbons (Fsp3) is 0.167. The normalized spacial score (nSPS) is 12.7. The van der Waals surface area contributed by atoms with Crippen LogP contribution in [0.4, 0.5) is 0 Å². The summed E-state index contributed by atoms with van der Waals surface area (Å²) in [6.45, 7) is 1.91. The van der Waals surface area contributed by atoms with Crippen molar-refractivity contribution in [1.82, 2.24) is 9.78 Å². The summed E-state index contributed by atoms with van der Waals surface area (Å²) in [6, 6.07) is 5.35. The van der Waals surface area contributed by atoms with Crippen molar-refractivity contribution < 1.29 is 19.4 Å². The number of aromatic nitrogens is 2. The lowest BCUT2D eigenvalue weighted by Crippen LogP contribution is -2.02. The zero-order valence-electron chi connectivity index (χ0n) is 9.58. The first kappa shape index (κ1) is 10.6. The number of carboxylic acids is 1. The zero-order chi connectivity index (χ0) is 12.7. The van der Waals surface area contributed by atoms with E-state index in [2.05, 4.69) is 5.10 Å². The largest absolute Gasteiger partial charge is 0.478 e. The van der Waals surface area contributed by atoms with Crippen molar-refractivity contribution in [3.8, 4) is 17.2 Å². The van der Waals surface area contributed by atoms with Crippen molar-refractivity contribution in [3.05, 3.63) is 35.7 Å². The lowest BCUT2D eigenvalue weighted by molar-refractivity contribution is 0.0696. The van der Waals surface area contributed by atoms with Crippen LogP contribution in [0.2, 0.25) is 0 Å². The molecule has 0 saturated heterocycles. The average molecular weight is 246 g/mol. The Kier molecular flexibility index (Phi) is 2.22. The van der Waals surface area contributed by atoms with Crippen molar-refractivity contribution in [2.24, 2.45) is 0 Å². The topological polar surface area (TPSA) is 73.6 Å². The molecule has 0 saturated carbocycles. The number of fused-ring (bicyclic) bond motifs is 1. The first-order valence-corrected chi connectivity index (χ1v) is 5.35. The SMILES string of the molecule is Cc1c(C(=O)O)cnn1-c1ccc2c(c1)OCO2. The van der Waals surface area contributed by atoms with Crippen molar-refractivity contribution >= 4 is 5.97 Å². The van der Waals surface area contributed by atoms with Crippen molar-refractivity contribution in [3.63, 3.8) is 0 Å². The average Bonchev–Trinajstić information content (AvgIpc) is 2.93. The molecule has 0 atom stereocenters. The molecule has 0 amide bonds. The number of hydrogen-bond acceptors (Lipinski definition) is 4. The third-order valence-electron chi connectivity index (χ3n) is 2.84. The van der Waals surface area contributed by atoms with E-state index in [1.54, 1.807) is 29.8 Å². The van der Waals surface area contributed by atoms with Crippen LogP contribution < -0.4 is 9.47 Å². The lowest BCUT2D eigenvalue weighted by atomic mass is 10.2. The highest BCUT2D eigenvalue weighted by Crippen LogP contribution is 2.33. The van der Waals surface area contributed by atoms with Crippen LogP contribution in [0.5, 0.6) is 11.5 Å². The number of carboxylic acid groups (broad SMARTS) is 1. The Bertz CT molecular complexity index is 633. The Morgan fingerprint density at radius 3 is 2.89 bits per heavy atom. The minimum Gasteiger partial charge on any atom is -0.478 e. The summed E-state index contributed by atoms with van der Waals surface area (Å²) in [7, 11) is 0. The Labute approximate surface area is 102 Å². The second-order valence-corrected chi connectivity index (χ2v) is 3.90. The highest BCUT2D eigenvalue weighted by molar-refractivity contribution is 5.88. The van der Waals surface area contributed by atoms with Gasteiger partial charge in [-0.25, -0.2) is 9.48 Å². The molecule has 3 rings (SSSR count). The summed E-state index contributed by atoms with van der Waals surface area (Å²) in [5.74, 6) is 0.334. The second kappa shape index (κ2) is 3.76. The summed E-state index contributed by atoms with van der Waals surface area (Å²) < 4.78 is 12.1. The van der Waals surface area contributed by atoms with Crippen LogP contribution in [-0.4, -0.2) is 27.6 Å². The summed E-state index contributed by atoms with van der Waals surface area (Å²) >= 11 is 0. The molecule has 1 aliphatic heterocycles. The highest BCUT2D eigenvalue weighted by Gasteiger charge is 2.17. The highest BCUT2D eigenvalue weighted by atomic mass is 16.7. The molecule has 0 aliphatic carbocycles. The molecule has 0 spiro atoms. The molecule has 6 heteroatoms. The number of hydrogen-bond donors (Lipinski definition) is 1. The van der Waals surface area contributed by atoms with E-state index in [1.807, 2.05) is 0 Å². The van der Waals surface area contributed by atoms with Gasteiger partial charge in [0.25, 0.3) is 0 Å². The Hall–Kier alpha value is -2.50. The molecule has 0 bridgehead atoms. The molecule has 1 N–H and O–H groups in total. The van der Waals surface area contributed by atoms with Crippen molar-refractivity contribution in [2.45, 2.75) is 6.92 Å². The maximum atomic E-state index is 11.0. The molecule has 18 heavy (non-hydrogen) atoms. The van der Waals surface area contributed by atoms with Gasteiger partial charge in [-0.3, -0.25) is 0 Å². The minimum atomic E-state index is -0.987. The molecule has 0 radical (unpaired) electrons. The number of carbonyl (C=O) groups is 1. The van der Waals surface area contributed by atoms with Crippen LogP contribution in [0.1, 0.15) is 16.1 Å². The Morgan fingerprint density at radius 2 is 2.17 bits per heavy atom. The molecular formula is C12H10N2O4. The van der Waals surface area contributed by atoms with Gasteiger partial charge < -0.3 is 14.6 Å². The molecule has 2 heterocycles. The quantitative estimate of drug-likeness (QED) is 0.871. The Balaban J connectivity index is 2.07. The van der Waals surface area contributed by atoms with E-state index >= 15 is 0 Å². The minimum absolute atomic E-state index is 0.188. The maximum Gasteiger partial charge on any atom is 0.339 e. The summed E-state index contributed by atoms with van der Waals surface area (Å²) in [4.78, 5) is 11.0. The number of nitrogens with zero attached hydrogens (tertiary/aromatic N) is 2. The molecule has 92 valence electrons. The van der Waals surface area contributed by atoms with Gasteiger partial charge in [0, 0.05) is 6.07 Å². The molecule has 1 aliphatic rings. The fourth-order valence-electron chi connectivity index (χ4n) is 1.90. The third kappa shape index (κ3) is 1.50. The standard InChI is InChI=1S/C12H10N2O4/c1-7-9(12(15)16)5-13-14(7)8-2-3-10-11(4-8)18-6-17-10/h2-5H,6H2,1H3,(H,15,16). The second-order valence-electron chi connectivity index (χ2n) is 3.90. The molecule has 0 unspecified atom stereocenters. The zero-order valence-corrected chi connectivity index (χ0v) is 9.58. The summed E-state index contributed by atoms with van der Waals surface area (Å²) in [6.07, 6.45) is 1.34. The van der Waals surface area contributed by atoms with E-state index in [9.17, 15) is 4.79 Å². The summed E-state index contributed by atoms with van der Waals surface area (Å²) in [5, 5.41) is 13.1. The van der Waals surface area contributed by atoms with E-state index in [0.29, 0.717) is 17.2 Å². The van der Waals surface area contributed by atoms with Gasteiger partial charge in [0.2, 0.25) is 6.79 Å². The molecular weight excluding hydrogens is 236 g/mol. The van der Waals surface area contributed by atoms with Crippen LogP contribution >= 0.6 is 0 Å². The van der Waals surface area contributed by atoms with Crippen molar-refractivity contribution in [1.29, 1.82) is 0 Å². The van der Waals surface area contributed by atoms with Crippen molar-refractivity contribution in [2.75, 3.05) is 6.79 Å². The molecule has 0 fully saturated rings. The lowest BCUT2D eigenvalue weighted by Gasteiger charge is -2.05. The molecule has 1 aromatic heterocycles. The molecule has 2 aromatic rings. The molecule has 1 aromatic carbocycles. The van der Waals surface area contributed by atoms with E-state index in [1.165, 1.54) is 6.20 Å². The number of aromatic carboxylic acids is 1. The van der Waals surface area contributed by atoms with Gasteiger partial charge in [-0.15, -0.1) is 0 Å². The van der Waals surface area contributed by atoms with Gasteiger partial charge in [-0.1, -0.05) is 0 Å². The van der Waals surface area contributed by atoms with Gasteiger partial charge in [0.1, 0.15) is 5.56 Å². The van der Waals surface area contributed by atoms with Crippen LogP contribution in [0, 0.1) is 6.92 Å². The van der Waals surface area contributed by atoms with Crippen LogP contribution in [0.3, 0.4) is 0 Å². The number of rotatable bonds is 2. The van der Waals surface area contributed by atoms with Gasteiger partial charge in [0.15, 0.2) is 11.5 Å². The van der Waals surface area contributed by atoms with E-state index in [-0.39, 0.29) is 12.4 Å². The number of ether oxygens (including phenoxy) is 2.